The van der Waals surface area contributed by atoms with Gasteiger partial charge in [0.05, 0.1) is 4.92 Å². The summed E-state index contributed by atoms with van der Waals surface area (Å²) in [6.07, 6.45) is 1.36. The maximum Gasteiger partial charge on any atom is 0.270 e. The van der Waals surface area contributed by atoms with Crippen molar-refractivity contribution in [3.05, 3.63) is 40.7 Å². The summed E-state index contributed by atoms with van der Waals surface area (Å²) in [5, 5.41) is 14.8. The van der Waals surface area contributed by atoms with Crippen LogP contribution in [0, 0.1) is 10.1 Å². The van der Waals surface area contributed by atoms with Crippen molar-refractivity contribution in [3.63, 3.8) is 0 Å². The van der Waals surface area contributed by atoms with Gasteiger partial charge in [0.1, 0.15) is 12.4 Å². The highest BCUT2D eigenvalue weighted by Crippen LogP contribution is 2.21. The van der Waals surface area contributed by atoms with Crippen molar-refractivity contribution in [2.45, 2.75) is 13.0 Å². The zero-order valence-electron chi connectivity index (χ0n) is 10.1. The van der Waals surface area contributed by atoms with Crippen LogP contribution in [0.25, 0.3) is 11.4 Å². The first-order valence-corrected chi connectivity index (χ1v) is 5.44. The van der Waals surface area contributed by atoms with E-state index >= 15 is 0 Å². The minimum absolute atomic E-state index is 0.0446. The van der Waals surface area contributed by atoms with Gasteiger partial charge >= 0.3 is 0 Å². The maximum absolute atomic E-state index is 11.0. The van der Waals surface area contributed by atoms with Gasteiger partial charge in [0, 0.05) is 17.7 Å². The first-order valence-electron chi connectivity index (χ1n) is 5.44. The maximum atomic E-state index is 11.0. The first kappa shape index (κ1) is 12.7. The standard InChI is InChI=1S/C11H11N5O3/c1-7(10(12)17)15-6-13-11(14-15)8-3-2-4-9(5-8)16(18)19/h2-7H,1H3,(H2,12,17). The molecule has 2 rings (SSSR count). The summed E-state index contributed by atoms with van der Waals surface area (Å²) in [7, 11) is 0. The van der Waals surface area contributed by atoms with E-state index in [1.54, 1.807) is 19.1 Å². The highest BCUT2D eigenvalue weighted by molar-refractivity contribution is 5.77. The number of hydrogen-bond donors (Lipinski definition) is 1. The number of nitro groups is 1. The zero-order chi connectivity index (χ0) is 14.0. The predicted molar refractivity (Wildman–Crippen MR) is 66.0 cm³/mol. The number of amides is 1. The molecule has 0 fully saturated rings. The fourth-order valence-corrected chi connectivity index (χ4v) is 1.48. The van der Waals surface area contributed by atoms with E-state index < -0.39 is 16.9 Å². The van der Waals surface area contributed by atoms with Crippen molar-refractivity contribution in [1.29, 1.82) is 0 Å². The molecule has 0 aliphatic heterocycles. The largest absolute Gasteiger partial charge is 0.368 e. The molecule has 0 radical (unpaired) electrons. The Morgan fingerprint density at radius 3 is 2.89 bits per heavy atom. The second-order valence-electron chi connectivity index (χ2n) is 3.93. The summed E-state index contributed by atoms with van der Waals surface area (Å²) in [5.41, 5.74) is 5.62. The van der Waals surface area contributed by atoms with Gasteiger partial charge in [-0.05, 0) is 6.92 Å². The Labute approximate surface area is 108 Å². The van der Waals surface area contributed by atoms with Crippen LogP contribution in [-0.2, 0) is 4.79 Å². The topological polar surface area (TPSA) is 117 Å². The fourth-order valence-electron chi connectivity index (χ4n) is 1.48. The Hall–Kier alpha value is -2.77. The van der Waals surface area contributed by atoms with Gasteiger partial charge in [-0.3, -0.25) is 14.9 Å². The Balaban J connectivity index is 2.35. The van der Waals surface area contributed by atoms with Gasteiger partial charge in [-0.1, -0.05) is 12.1 Å². The molecule has 2 aromatic rings. The zero-order valence-corrected chi connectivity index (χ0v) is 10.1. The van der Waals surface area contributed by atoms with E-state index in [0.29, 0.717) is 11.4 Å². The molecule has 19 heavy (non-hydrogen) atoms. The molecule has 1 aromatic heterocycles. The second kappa shape index (κ2) is 4.84. The van der Waals surface area contributed by atoms with Gasteiger partial charge < -0.3 is 5.73 Å². The molecule has 8 heteroatoms. The van der Waals surface area contributed by atoms with Crippen molar-refractivity contribution in [2.75, 3.05) is 0 Å². The van der Waals surface area contributed by atoms with Gasteiger partial charge in [0.15, 0.2) is 5.82 Å². The summed E-state index contributed by atoms with van der Waals surface area (Å²) in [6, 6.07) is 5.33. The third-order valence-corrected chi connectivity index (χ3v) is 2.63. The molecule has 1 atom stereocenters. The molecule has 2 N–H and O–H groups in total. The smallest absolute Gasteiger partial charge is 0.270 e. The normalized spacial score (nSPS) is 12.1. The molecular formula is C11H11N5O3. The third kappa shape index (κ3) is 2.57. The Morgan fingerprint density at radius 1 is 1.53 bits per heavy atom. The highest BCUT2D eigenvalue weighted by Gasteiger charge is 2.15. The minimum atomic E-state index is -0.625. The number of non-ortho nitro benzene ring substituents is 1. The Morgan fingerprint density at radius 2 is 2.26 bits per heavy atom. The van der Waals surface area contributed by atoms with Crippen LogP contribution < -0.4 is 5.73 Å². The Kier molecular flexibility index (Phi) is 3.23. The molecule has 0 aliphatic rings. The van der Waals surface area contributed by atoms with E-state index in [1.807, 2.05) is 0 Å². The molecule has 0 saturated carbocycles. The number of nitrogens with zero attached hydrogens (tertiary/aromatic N) is 4. The van der Waals surface area contributed by atoms with Crippen molar-refractivity contribution >= 4 is 11.6 Å². The number of hydrogen-bond acceptors (Lipinski definition) is 5. The van der Waals surface area contributed by atoms with Gasteiger partial charge in [-0.25, -0.2) is 9.67 Å². The molecule has 1 unspecified atom stereocenters. The van der Waals surface area contributed by atoms with Crippen LogP contribution in [0.3, 0.4) is 0 Å². The number of primary amides is 1. The van der Waals surface area contributed by atoms with Crippen LogP contribution in [0.2, 0.25) is 0 Å². The van der Waals surface area contributed by atoms with Gasteiger partial charge in [0.25, 0.3) is 5.69 Å². The number of carbonyl (C=O) groups excluding carboxylic acids is 1. The number of benzene rings is 1. The number of aromatic nitrogens is 3. The first-order chi connectivity index (χ1) is 8.99. The quantitative estimate of drug-likeness (QED) is 0.648. The lowest BCUT2D eigenvalue weighted by molar-refractivity contribution is -0.384. The lowest BCUT2D eigenvalue weighted by Gasteiger charge is -2.05. The molecule has 0 bridgehead atoms. The Bertz CT molecular complexity index is 637. The van der Waals surface area contributed by atoms with Crippen molar-refractivity contribution < 1.29 is 9.72 Å². The molecule has 1 amide bonds. The summed E-state index contributed by atoms with van der Waals surface area (Å²) in [4.78, 5) is 25.2. The van der Waals surface area contributed by atoms with E-state index in [9.17, 15) is 14.9 Å². The van der Waals surface area contributed by atoms with E-state index in [1.165, 1.54) is 23.1 Å². The fraction of sp³-hybridized carbons (Fsp3) is 0.182. The van der Waals surface area contributed by atoms with Crippen LogP contribution in [-0.4, -0.2) is 25.6 Å². The van der Waals surface area contributed by atoms with Crippen LogP contribution >= 0.6 is 0 Å². The van der Waals surface area contributed by atoms with E-state index in [0.717, 1.165) is 0 Å². The summed E-state index contributed by atoms with van der Waals surface area (Å²) >= 11 is 0. The van der Waals surface area contributed by atoms with Crippen molar-refractivity contribution in [1.82, 2.24) is 14.8 Å². The number of carbonyl (C=O) groups is 1. The summed E-state index contributed by atoms with van der Waals surface area (Å²) < 4.78 is 1.32. The van der Waals surface area contributed by atoms with E-state index in [2.05, 4.69) is 10.1 Å². The van der Waals surface area contributed by atoms with Gasteiger partial charge in [0.2, 0.25) is 5.91 Å². The SMILES string of the molecule is CC(C(N)=O)n1cnc(-c2cccc([N+](=O)[O-])c2)n1. The van der Waals surface area contributed by atoms with Gasteiger partial charge in [-0.2, -0.15) is 5.10 Å². The van der Waals surface area contributed by atoms with Crippen molar-refractivity contribution in [3.8, 4) is 11.4 Å². The molecule has 0 aliphatic carbocycles. The number of nitro benzene ring substituents is 1. The average molecular weight is 261 g/mol. The van der Waals surface area contributed by atoms with E-state index in [4.69, 9.17) is 5.73 Å². The van der Waals surface area contributed by atoms with Crippen LogP contribution in [0.15, 0.2) is 30.6 Å². The molecular weight excluding hydrogens is 250 g/mol. The minimum Gasteiger partial charge on any atom is -0.368 e. The molecule has 0 saturated heterocycles. The third-order valence-electron chi connectivity index (χ3n) is 2.63. The molecule has 1 heterocycles. The second-order valence-corrected chi connectivity index (χ2v) is 3.93. The number of rotatable bonds is 4. The van der Waals surface area contributed by atoms with Gasteiger partial charge in [-0.15, -0.1) is 0 Å². The number of nitrogens with two attached hydrogens (primary N) is 1. The summed E-state index contributed by atoms with van der Waals surface area (Å²) in [6.45, 7) is 1.59. The molecule has 1 aromatic carbocycles. The van der Waals surface area contributed by atoms with Crippen LogP contribution in [0.5, 0.6) is 0 Å². The predicted octanol–water partition coefficient (Wildman–Crippen LogP) is 0.900. The van der Waals surface area contributed by atoms with Crippen LogP contribution in [0.1, 0.15) is 13.0 Å². The summed E-state index contributed by atoms with van der Waals surface area (Å²) in [5.74, 6) is -0.229. The van der Waals surface area contributed by atoms with Crippen LogP contribution in [0.4, 0.5) is 5.69 Å². The lowest BCUT2D eigenvalue weighted by Crippen LogP contribution is -2.24. The van der Waals surface area contributed by atoms with Crippen molar-refractivity contribution in [2.24, 2.45) is 5.73 Å². The molecule has 98 valence electrons. The average Bonchev–Trinajstić information content (AvgIpc) is 2.87. The molecule has 0 spiro atoms. The molecule has 8 nitrogen and oxygen atoms in total. The monoisotopic (exact) mass is 261 g/mol. The van der Waals surface area contributed by atoms with E-state index in [-0.39, 0.29) is 5.69 Å². The lowest BCUT2D eigenvalue weighted by atomic mass is 10.2. The highest BCUT2D eigenvalue weighted by atomic mass is 16.6.